The topological polar surface area (TPSA) is 50.7 Å². The number of nitrogens with zero attached hydrogens (tertiary/aromatic N) is 3. The molecule has 1 heterocycles. The Morgan fingerprint density at radius 2 is 2.00 bits per heavy atom. The van der Waals surface area contributed by atoms with Gasteiger partial charge in [-0.2, -0.15) is 10.1 Å². The molecule has 1 aromatic heterocycles. The van der Waals surface area contributed by atoms with E-state index in [0.29, 0.717) is 15.9 Å². The molecule has 1 unspecified atom stereocenters. The molecule has 1 N–H and O–H groups in total. The van der Waals surface area contributed by atoms with Gasteiger partial charge in [0.25, 0.3) is 0 Å². The Morgan fingerprint density at radius 3 is 2.67 bits per heavy atom. The maximum Gasteiger partial charge on any atom is 0.244 e. The lowest BCUT2D eigenvalue weighted by atomic mass is 10.1. The van der Waals surface area contributed by atoms with Crippen LogP contribution in [0.3, 0.4) is 0 Å². The summed E-state index contributed by atoms with van der Waals surface area (Å²) in [7, 11) is 0. The molecule has 18 heavy (non-hydrogen) atoms. The van der Waals surface area contributed by atoms with Gasteiger partial charge in [0.2, 0.25) is 5.28 Å². The SMILES string of the molecule is CC(Nc1cnnc(Cl)n1)c1ccc(Cl)cc1Cl. The lowest BCUT2D eigenvalue weighted by Gasteiger charge is -2.16. The summed E-state index contributed by atoms with van der Waals surface area (Å²) < 4.78 is 0. The number of anilines is 1. The lowest BCUT2D eigenvalue weighted by molar-refractivity contribution is 0.859. The Bertz CT molecular complexity index is 562. The molecule has 7 heteroatoms. The highest BCUT2D eigenvalue weighted by Crippen LogP contribution is 2.27. The average Bonchev–Trinajstić information content (AvgIpc) is 2.28. The second-order valence-corrected chi connectivity index (χ2v) is 4.82. The smallest absolute Gasteiger partial charge is 0.244 e. The van der Waals surface area contributed by atoms with E-state index in [9.17, 15) is 0 Å². The van der Waals surface area contributed by atoms with Crippen LogP contribution in [0.15, 0.2) is 24.4 Å². The highest BCUT2D eigenvalue weighted by molar-refractivity contribution is 6.35. The van der Waals surface area contributed by atoms with Gasteiger partial charge in [0, 0.05) is 10.0 Å². The third kappa shape index (κ3) is 3.22. The summed E-state index contributed by atoms with van der Waals surface area (Å²) in [6.07, 6.45) is 1.49. The van der Waals surface area contributed by atoms with Crippen molar-refractivity contribution in [1.29, 1.82) is 0 Å². The van der Waals surface area contributed by atoms with E-state index in [4.69, 9.17) is 34.8 Å². The summed E-state index contributed by atoms with van der Waals surface area (Å²) in [6.45, 7) is 1.95. The zero-order chi connectivity index (χ0) is 13.1. The molecule has 2 rings (SSSR count). The average molecular weight is 304 g/mol. The van der Waals surface area contributed by atoms with Crippen LogP contribution < -0.4 is 5.32 Å². The molecule has 2 aromatic rings. The summed E-state index contributed by atoms with van der Waals surface area (Å²) in [6, 6.07) is 5.29. The summed E-state index contributed by atoms with van der Waals surface area (Å²) in [4.78, 5) is 4.00. The minimum Gasteiger partial charge on any atom is -0.362 e. The second-order valence-electron chi connectivity index (χ2n) is 3.64. The highest BCUT2D eigenvalue weighted by atomic mass is 35.5. The predicted octanol–water partition coefficient (Wildman–Crippen LogP) is 4.00. The van der Waals surface area contributed by atoms with Gasteiger partial charge in [0.05, 0.1) is 12.2 Å². The molecule has 0 amide bonds. The van der Waals surface area contributed by atoms with Gasteiger partial charge in [-0.05, 0) is 36.2 Å². The number of hydrogen-bond donors (Lipinski definition) is 1. The van der Waals surface area contributed by atoms with Crippen molar-refractivity contribution in [3.8, 4) is 0 Å². The van der Waals surface area contributed by atoms with Crippen molar-refractivity contribution in [2.75, 3.05) is 5.32 Å². The molecular weight excluding hydrogens is 295 g/mol. The van der Waals surface area contributed by atoms with Crippen LogP contribution in [0.1, 0.15) is 18.5 Å². The fourth-order valence-corrected chi connectivity index (χ4v) is 2.21. The van der Waals surface area contributed by atoms with Gasteiger partial charge in [0.15, 0.2) is 0 Å². The van der Waals surface area contributed by atoms with E-state index in [0.717, 1.165) is 5.56 Å². The number of halogens is 3. The normalized spacial score (nSPS) is 12.2. The fraction of sp³-hybridized carbons (Fsp3) is 0.182. The standard InChI is InChI=1S/C11H9Cl3N4/c1-6(8-3-2-7(12)4-9(8)13)16-10-5-15-18-11(14)17-10/h2-6H,1H3,(H,16,17,18). The number of hydrogen-bond acceptors (Lipinski definition) is 4. The van der Waals surface area contributed by atoms with Crippen LogP contribution in [0.5, 0.6) is 0 Å². The number of benzene rings is 1. The minimum atomic E-state index is -0.0532. The first-order valence-electron chi connectivity index (χ1n) is 5.13. The van der Waals surface area contributed by atoms with Crippen molar-refractivity contribution >= 4 is 40.6 Å². The van der Waals surface area contributed by atoms with E-state index >= 15 is 0 Å². The van der Waals surface area contributed by atoms with Crippen LogP contribution in [0.4, 0.5) is 5.82 Å². The molecular formula is C11H9Cl3N4. The largest absolute Gasteiger partial charge is 0.362 e. The monoisotopic (exact) mass is 302 g/mol. The molecule has 0 fully saturated rings. The Morgan fingerprint density at radius 1 is 1.22 bits per heavy atom. The van der Waals surface area contributed by atoms with Gasteiger partial charge in [-0.25, -0.2) is 0 Å². The highest BCUT2D eigenvalue weighted by Gasteiger charge is 2.11. The zero-order valence-electron chi connectivity index (χ0n) is 9.36. The third-order valence-electron chi connectivity index (χ3n) is 2.33. The van der Waals surface area contributed by atoms with Gasteiger partial charge in [0.1, 0.15) is 5.82 Å². The van der Waals surface area contributed by atoms with Crippen LogP contribution in [0.2, 0.25) is 15.3 Å². The molecule has 1 atom stereocenters. The van der Waals surface area contributed by atoms with Crippen molar-refractivity contribution in [3.63, 3.8) is 0 Å². The molecule has 4 nitrogen and oxygen atoms in total. The molecule has 0 saturated heterocycles. The van der Waals surface area contributed by atoms with Crippen molar-refractivity contribution in [3.05, 3.63) is 45.3 Å². The minimum absolute atomic E-state index is 0.0532. The summed E-state index contributed by atoms with van der Waals surface area (Å²) in [5, 5.41) is 11.7. The molecule has 0 aliphatic rings. The van der Waals surface area contributed by atoms with E-state index in [2.05, 4.69) is 20.5 Å². The Labute approximate surface area is 119 Å². The fourth-order valence-electron chi connectivity index (χ4n) is 1.50. The molecule has 1 aromatic carbocycles. The van der Waals surface area contributed by atoms with Crippen molar-refractivity contribution in [2.45, 2.75) is 13.0 Å². The van der Waals surface area contributed by atoms with E-state index in [1.807, 2.05) is 13.0 Å². The maximum absolute atomic E-state index is 6.12. The van der Waals surface area contributed by atoms with E-state index in [1.165, 1.54) is 6.20 Å². The van der Waals surface area contributed by atoms with Gasteiger partial charge in [-0.3, -0.25) is 0 Å². The molecule has 0 aliphatic heterocycles. The molecule has 0 bridgehead atoms. The van der Waals surface area contributed by atoms with Crippen LogP contribution >= 0.6 is 34.8 Å². The molecule has 0 radical (unpaired) electrons. The molecule has 0 saturated carbocycles. The Hall–Kier alpha value is -1.10. The van der Waals surface area contributed by atoms with Crippen LogP contribution in [-0.4, -0.2) is 15.2 Å². The zero-order valence-corrected chi connectivity index (χ0v) is 11.6. The number of nitrogens with one attached hydrogen (secondary N) is 1. The van der Waals surface area contributed by atoms with Crippen LogP contribution in [0, 0.1) is 0 Å². The summed E-state index contributed by atoms with van der Waals surface area (Å²) >= 11 is 17.6. The number of rotatable bonds is 3. The maximum atomic E-state index is 6.12. The van der Waals surface area contributed by atoms with Crippen molar-refractivity contribution in [2.24, 2.45) is 0 Å². The second kappa shape index (κ2) is 5.69. The first-order chi connectivity index (χ1) is 8.56. The number of aromatic nitrogens is 3. The molecule has 94 valence electrons. The molecule has 0 spiro atoms. The van der Waals surface area contributed by atoms with E-state index < -0.39 is 0 Å². The van der Waals surface area contributed by atoms with Gasteiger partial charge >= 0.3 is 0 Å². The van der Waals surface area contributed by atoms with Crippen LogP contribution in [0.25, 0.3) is 0 Å². The van der Waals surface area contributed by atoms with E-state index in [1.54, 1.807) is 12.1 Å². The Kier molecular flexibility index (Phi) is 4.22. The van der Waals surface area contributed by atoms with E-state index in [-0.39, 0.29) is 11.3 Å². The predicted molar refractivity (Wildman–Crippen MR) is 73.3 cm³/mol. The third-order valence-corrected chi connectivity index (χ3v) is 3.05. The quantitative estimate of drug-likeness (QED) is 0.931. The summed E-state index contributed by atoms with van der Waals surface area (Å²) in [5.41, 5.74) is 0.913. The first kappa shape index (κ1) is 13.3. The van der Waals surface area contributed by atoms with Gasteiger partial charge in [-0.1, -0.05) is 29.3 Å². The lowest BCUT2D eigenvalue weighted by Crippen LogP contribution is -2.09. The van der Waals surface area contributed by atoms with Crippen molar-refractivity contribution < 1.29 is 0 Å². The van der Waals surface area contributed by atoms with Gasteiger partial charge < -0.3 is 5.32 Å². The Balaban J connectivity index is 2.19. The first-order valence-corrected chi connectivity index (χ1v) is 6.26. The van der Waals surface area contributed by atoms with Gasteiger partial charge in [-0.15, -0.1) is 5.10 Å². The molecule has 0 aliphatic carbocycles. The van der Waals surface area contributed by atoms with Crippen LogP contribution in [-0.2, 0) is 0 Å². The summed E-state index contributed by atoms with van der Waals surface area (Å²) in [5.74, 6) is 0.536. The van der Waals surface area contributed by atoms with Crippen molar-refractivity contribution in [1.82, 2.24) is 15.2 Å².